The van der Waals surface area contributed by atoms with Crippen molar-refractivity contribution in [2.75, 3.05) is 25.1 Å². The fraction of sp³-hybridized carbons (Fsp3) is 0.438. The topological polar surface area (TPSA) is 50.4 Å². The van der Waals surface area contributed by atoms with E-state index in [9.17, 15) is 4.79 Å². The highest BCUT2D eigenvalue weighted by Crippen LogP contribution is 2.17. The second-order valence-electron chi connectivity index (χ2n) is 4.99. The van der Waals surface area contributed by atoms with E-state index in [-0.39, 0.29) is 11.9 Å². The van der Waals surface area contributed by atoms with E-state index in [0.717, 1.165) is 23.4 Å². The summed E-state index contributed by atoms with van der Waals surface area (Å²) < 4.78 is 5.44. The third kappa shape index (κ3) is 6.50. The number of carbonyl (C=O) groups excluding carboxylic acids is 1. The molecule has 110 valence electrons. The molecule has 0 aliphatic heterocycles. The monoisotopic (exact) mass is 276 g/mol. The lowest BCUT2D eigenvalue weighted by molar-refractivity contribution is -0.114. The smallest absolute Gasteiger partial charge is 0.221 e. The van der Waals surface area contributed by atoms with Crippen LogP contribution in [-0.4, -0.2) is 25.7 Å². The lowest BCUT2D eigenvalue weighted by atomic mass is 10.1. The molecular formula is C16H24N2O2. The number of benzene rings is 1. The summed E-state index contributed by atoms with van der Waals surface area (Å²) >= 11 is 0. The van der Waals surface area contributed by atoms with Crippen LogP contribution in [0.4, 0.5) is 5.69 Å². The van der Waals surface area contributed by atoms with E-state index >= 15 is 0 Å². The summed E-state index contributed by atoms with van der Waals surface area (Å²) in [5.74, 6) is -0.0593. The number of carbonyl (C=O) groups is 1. The molecule has 0 bridgehead atoms. The van der Waals surface area contributed by atoms with Gasteiger partial charge in [0.15, 0.2) is 0 Å². The summed E-state index contributed by atoms with van der Waals surface area (Å²) in [5.41, 5.74) is 2.99. The van der Waals surface area contributed by atoms with Crippen LogP contribution in [0.25, 0.3) is 0 Å². The third-order valence-corrected chi connectivity index (χ3v) is 2.75. The molecule has 20 heavy (non-hydrogen) atoms. The minimum absolute atomic E-state index is 0.0593. The number of anilines is 1. The van der Waals surface area contributed by atoms with Crippen molar-refractivity contribution in [3.63, 3.8) is 0 Å². The van der Waals surface area contributed by atoms with Crippen LogP contribution in [0.2, 0.25) is 0 Å². The molecule has 4 nitrogen and oxygen atoms in total. The van der Waals surface area contributed by atoms with Crippen molar-refractivity contribution >= 4 is 11.6 Å². The molecule has 0 radical (unpaired) electrons. The Morgan fingerprint density at radius 1 is 1.40 bits per heavy atom. The molecule has 0 aliphatic carbocycles. The zero-order chi connectivity index (χ0) is 15.0. The highest BCUT2D eigenvalue weighted by molar-refractivity contribution is 5.88. The van der Waals surface area contributed by atoms with Crippen LogP contribution in [0.15, 0.2) is 36.4 Å². The average molecular weight is 276 g/mol. The first kappa shape index (κ1) is 16.4. The van der Waals surface area contributed by atoms with Crippen LogP contribution in [0, 0.1) is 0 Å². The third-order valence-electron chi connectivity index (χ3n) is 2.75. The van der Waals surface area contributed by atoms with E-state index in [1.54, 1.807) is 0 Å². The van der Waals surface area contributed by atoms with Crippen molar-refractivity contribution < 1.29 is 9.53 Å². The average Bonchev–Trinajstić information content (AvgIpc) is 2.37. The van der Waals surface area contributed by atoms with Gasteiger partial charge in [0, 0.05) is 25.2 Å². The van der Waals surface area contributed by atoms with Crippen LogP contribution in [0.1, 0.15) is 32.4 Å². The first-order valence-corrected chi connectivity index (χ1v) is 6.82. The summed E-state index contributed by atoms with van der Waals surface area (Å²) in [4.78, 5) is 11.0. The highest BCUT2D eigenvalue weighted by atomic mass is 16.5. The molecule has 2 N–H and O–H groups in total. The van der Waals surface area contributed by atoms with Gasteiger partial charge < -0.3 is 15.4 Å². The highest BCUT2D eigenvalue weighted by Gasteiger charge is 2.05. The molecule has 0 aromatic heterocycles. The van der Waals surface area contributed by atoms with Gasteiger partial charge in [-0.15, -0.1) is 0 Å². The quantitative estimate of drug-likeness (QED) is 0.567. The maximum absolute atomic E-state index is 11.0. The summed E-state index contributed by atoms with van der Waals surface area (Å²) in [6.45, 7) is 11.4. The molecular weight excluding hydrogens is 252 g/mol. The Bertz CT molecular complexity index is 458. The van der Waals surface area contributed by atoms with Crippen LogP contribution in [0.5, 0.6) is 0 Å². The predicted octanol–water partition coefficient (Wildman–Crippen LogP) is 2.89. The van der Waals surface area contributed by atoms with Gasteiger partial charge in [0.2, 0.25) is 5.91 Å². The Labute approximate surface area is 121 Å². The van der Waals surface area contributed by atoms with E-state index in [2.05, 4.69) is 24.1 Å². The van der Waals surface area contributed by atoms with E-state index in [1.165, 1.54) is 6.92 Å². The lowest BCUT2D eigenvalue weighted by Crippen LogP contribution is -2.23. The maximum Gasteiger partial charge on any atom is 0.221 e. The second kappa shape index (κ2) is 8.51. The van der Waals surface area contributed by atoms with Gasteiger partial charge in [-0.25, -0.2) is 0 Å². The molecule has 1 aromatic carbocycles. The number of hydrogen-bond donors (Lipinski definition) is 2. The van der Waals surface area contributed by atoms with Gasteiger partial charge in [-0.2, -0.15) is 0 Å². The molecule has 0 fully saturated rings. The van der Waals surface area contributed by atoms with Gasteiger partial charge >= 0.3 is 0 Å². The van der Waals surface area contributed by atoms with E-state index in [1.807, 2.05) is 31.2 Å². The van der Waals surface area contributed by atoms with E-state index in [0.29, 0.717) is 13.2 Å². The van der Waals surface area contributed by atoms with Gasteiger partial charge in [0.25, 0.3) is 0 Å². The molecule has 1 unspecified atom stereocenters. The molecule has 1 amide bonds. The predicted molar refractivity (Wildman–Crippen MR) is 82.8 cm³/mol. The molecule has 0 saturated heterocycles. The van der Waals surface area contributed by atoms with Crippen molar-refractivity contribution in [1.82, 2.24) is 5.32 Å². The molecule has 1 atom stereocenters. The molecule has 1 aromatic rings. The number of ether oxygens (including phenoxy) is 1. The fourth-order valence-corrected chi connectivity index (χ4v) is 1.80. The molecule has 0 spiro atoms. The van der Waals surface area contributed by atoms with E-state index < -0.39 is 0 Å². The Morgan fingerprint density at radius 2 is 2.15 bits per heavy atom. The number of nitrogens with one attached hydrogen (secondary N) is 2. The summed E-state index contributed by atoms with van der Waals surface area (Å²) in [5, 5.41) is 6.17. The van der Waals surface area contributed by atoms with Gasteiger partial charge in [0.05, 0.1) is 13.2 Å². The van der Waals surface area contributed by atoms with Gasteiger partial charge in [-0.05, 0) is 31.5 Å². The zero-order valence-corrected chi connectivity index (χ0v) is 12.5. The normalized spacial score (nSPS) is 11.9. The molecule has 0 heterocycles. The first-order valence-electron chi connectivity index (χ1n) is 6.82. The number of rotatable bonds is 8. The maximum atomic E-state index is 11.0. The minimum Gasteiger partial charge on any atom is -0.376 e. The summed E-state index contributed by atoms with van der Waals surface area (Å²) in [6.07, 6.45) is 0. The van der Waals surface area contributed by atoms with Crippen LogP contribution in [-0.2, 0) is 9.53 Å². The zero-order valence-electron chi connectivity index (χ0n) is 12.5. The van der Waals surface area contributed by atoms with Crippen LogP contribution < -0.4 is 10.6 Å². The van der Waals surface area contributed by atoms with Crippen molar-refractivity contribution in [1.29, 1.82) is 0 Å². The number of amides is 1. The lowest BCUT2D eigenvalue weighted by Gasteiger charge is -2.15. The van der Waals surface area contributed by atoms with E-state index in [4.69, 9.17) is 4.74 Å². The standard InChI is InChI=1S/C16H24N2O2/c1-12(2)11-20-9-8-17-13(3)15-6-5-7-16(10-15)18-14(4)19/h5-7,10,13,17H,1,8-9,11H2,2-4H3,(H,18,19). The molecule has 0 saturated carbocycles. The van der Waals surface area contributed by atoms with Crippen LogP contribution in [0.3, 0.4) is 0 Å². The van der Waals surface area contributed by atoms with Crippen molar-refractivity contribution in [2.45, 2.75) is 26.8 Å². The van der Waals surface area contributed by atoms with Gasteiger partial charge in [0.1, 0.15) is 0 Å². The summed E-state index contributed by atoms with van der Waals surface area (Å²) in [7, 11) is 0. The fourth-order valence-electron chi connectivity index (χ4n) is 1.80. The summed E-state index contributed by atoms with van der Waals surface area (Å²) in [6, 6.07) is 8.05. The Morgan fingerprint density at radius 3 is 2.80 bits per heavy atom. The van der Waals surface area contributed by atoms with Crippen molar-refractivity contribution in [3.05, 3.63) is 42.0 Å². The van der Waals surface area contributed by atoms with Gasteiger partial charge in [-0.3, -0.25) is 4.79 Å². The van der Waals surface area contributed by atoms with Crippen molar-refractivity contribution in [2.24, 2.45) is 0 Å². The molecule has 1 rings (SSSR count). The SMILES string of the molecule is C=C(C)COCCNC(C)c1cccc(NC(C)=O)c1. The molecule has 4 heteroatoms. The number of hydrogen-bond acceptors (Lipinski definition) is 3. The minimum atomic E-state index is -0.0593. The Balaban J connectivity index is 2.40. The Kier molecular flexibility index (Phi) is 6.98. The second-order valence-corrected chi connectivity index (χ2v) is 4.99. The first-order chi connectivity index (χ1) is 9.49. The Hall–Kier alpha value is -1.65. The van der Waals surface area contributed by atoms with Crippen molar-refractivity contribution in [3.8, 4) is 0 Å². The largest absolute Gasteiger partial charge is 0.376 e. The molecule has 0 aliphatic rings. The van der Waals surface area contributed by atoms with Crippen LogP contribution >= 0.6 is 0 Å². The van der Waals surface area contributed by atoms with Gasteiger partial charge in [-0.1, -0.05) is 24.3 Å².